The number of nitrogen functional groups attached to an aromatic ring is 1. The second-order valence-corrected chi connectivity index (χ2v) is 4.22. The Morgan fingerprint density at radius 1 is 1.47 bits per heavy atom. The molecule has 0 aliphatic rings. The molecule has 0 heterocycles. The fraction of sp³-hybridized carbons (Fsp3) is 0.417. The SMILES string of the molecule is Cc1ccc(NC(=O)CC(C)C)cc1N. The third-order valence-corrected chi connectivity index (χ3v) is 2.16. The van der Waals surface area contributed by atoms with Crippen LogP contribution in [0.4, 0.5) is 11.4 Å². The van der Waals surface area contributed by atoms with Crippen molar-refractivity contribution < 1.29 is 4.79 Å². The van der Waals surface area contributed by atoms with Gasteiger partial charge >= 0.3 is 0 Å². The van der Waals surface area contributed by atoms with Crippen molar-refractivity contribution >= 4 is 17.3 Å². The second kappa shape index (κ2) is 4.82. The Labute approximate surface area is 90.7 Å². The van der Waals surface area contributed by atoms with Crippen molar-refractivity contribution in [3.05, 3.63) is 23.8 Å². The zero-order valence-electron chi connectivity index (χ0n) is 9.50. The Bertz CT molecular complexity index is 359. The number of anilines is 2. The van der Waals surface area contributed by atoms with E-state index in [1.807, 2.05) is 32.9 Å². The highest BCUT2D eigenvalue weighted by Gasteiger charge is 2.05. The summed E-state index contributed by atoms with van der Waals surface area (Å²) in [7, 11) is 0. The maximum atomic E-state index is 11.5. The van der Waals surface area contributed by atoms with Crippen LogP contribution in [0.15, 0.2) is 18.2 Å². The van der Waals surface area contributed by atoms with Crippen LogP contribution in [0.2, 0.25) is 0 Å². The minimum Gasteiger partial charge on any atom is -0.398 e. The quantitative estimate of drug-likeness (QED) is 0.747. The highest BCUT2D eigenvalue weighted by atomic mass is 16.1. The number of hydrogen-bond acceptors (Lipinski definition) is 2. The van der Waals surface area contributed by atoms with E-state index >= 15 is 0 Å². The van der Waals surface area contributed by atoms with E-state index in [4.69, 9.17) is 5.73 Å². The number of carbonyl (C=O) groups excluding carboxylic acids is 1. The van der Waals surface area contributed by atoms with Gasteiger partial charge in [-0.05, 0) is 30.5 Å². The molecule has 1 amide bonds. The number of hydrogen-bond donors (Lipinski definition) is 2. The molecule has 0 aliphatic carbocycles. The molecule has 0 bridgehead atoms. The molecule has 0 saturated carbocycles. The molecule has 0 aromatic heterocycles. The minimum absolute atomic E-state index is 0.0354. The van der Waals surface area contributed by atoms with Gasteiger partial charge < -0.3 is 11.1 Å². The summed E-state index contributed by atoms with van der Waals surface area (Å²) in [6, 6.07) is 5.55. The van der Waals surface area contributed by atoms with Gasteiger partial charge in [0.25, 0.3) is 0 Å². The number of benzene rings is 1. The average Bonchev–Trinajstić information content (AvgIpc) is 2.10. The van der Waals surface area contributed by atoms with Crippen LogP contribution in [0.25, 0.3) is 0 Å². The predicted molar refractivity (Wildman–Crippen MR) is 63.7 cm³/mol. The van der Waals surface area contributed by atoms with Gasteiger partial charge in [0.1, 0.15) is 0 Å². The first kappa shape index (κ1) is 11.6. The maximum Gasteiger partial charge on any atom is 0.224 e. The molecule has 3 heteroatoms. The van der Waals surface area contributed by atoms with Gasteiger partial charge in [-0.15, -0.1) is 0 Å². The van der Waals surface area contributed by atoms with Gasteiger partial charge in [-0.1, -0.05) is 19.9 Å². The van der Waals surface area contributed by atoms with E-state index in [9.17, 15) is 4.79 Å². The Morgan fingerprint density at radius 3 is 2.67 bits per heavy atom. The molecule has 0 saturated heterocycles. The summed E-state index contributed by atoms with van der Waals surface area (Å²) in [5.41, 5.74) is 8.24. The zero-order valence-corrected chi connectivity index (χ0v) is 9.50. The van der Waals surface area contributed by atoms with Crippen molar-refractivity contribution in [2.45, 2.75) is 27.2 Å². The topological polar surface area (TPSA) is 55.1 Å². The van der Waals surface area contributed by atoms with E-state index in [2.05, 4.69) is 5.32 Å². The van der Waals surface area contributed by atoms with Gasteiger partial charge in [0, 0.05) is 17.8 Å². The van der Waals surface area contributed by atoms with Crippen molar-refractivity contribution in [1.29, 1.82) is 0 Å². The van der Waals surface area contributed by atoms with E-state index in [0.717, 1.165) is 11.3 Å². The van der Waals surface area contributed by atoms with Crippen LogP contribution in [0.1, 0.15) is 25.8 Å². The van der Waals surface area contributed by atoms with Gasteiger partial charge in [0.15, 0.2) is 0 Å². The lowest BCUT2D eigenvalue weighted by Gasteiger charge is -2.08. The van der Waals surface area contributed by atoms with Crippen LogP contribution >= 0.6 is 0 Å². The summed E-state index contributed by atoms with van der Waals surface area (Å²) in [6.07, 6.45) is 0.535. The Hall–Kier alpha value is -1.51. The smallest absolute Gasteiger partial charge is 0.224 e. The normalized spacial score (nSPS) is 10.4. The largest absolute Gasteiger partial charge is 0.398 e. The summed E-state index contributed by atoms with van der Waals surface area (Å²) >= 11 is 0. The van der Waals surface area contributed by atoms with E-state index in [1.165, 1.54) is 0 Å². The molecule has 1 aromatic rings. The minimum atomic E-state index is 0.0354. The molecule has 0 unspecified atom stereocenters. The summed E-state index contributed by atoms with van der Waals surface area (Å²) in [6.45, 7) is 5.97. The van der Waals surface area contributed by atoms with Crippen LogP contribution in [0.3, 0.4) is 0 Å². The van der Waals surface area contributed by atoms with E-state index in [-0.39, 0.29) is 5.91 Å². The summed E-state index contributed by atoms with van der Waals surface area (Å²) in [5, 5.41) is 2.82. The average molecular weight is 206 g/mol. The van der Waals surface area contributed by atoms with Crippen LogP contribution < -0.4 is 11.1 Å². The molecule has 15 heavy (non-hydrogen) atoms. The first-order chi connectivity index (χ1) is 6.99. The van der Waals surface area contributed by atoms with Gasteiger partial charge in [-0.25, -0.2) is 0 Å². The Balaban J connectivity index is 2.65. The van der Waals surface area contributed by atoms with Crippen LogP contribution in [-0.2, 0) is 4.79 Å². The number of rotatable bonds is 3. The van der Waals surface area contributed by atoms with Gasteiger partial charge in [0.2, 0.25) is 5.91 Å². The first-order valence-electron chi connectivity index (χ1n) is 5.15. The van der Waals surface area contributed by atoms with Crippen molar-refractivity contribution in [2.75, 3.05) is 11.1 Å². The molecule has 0 spiro atoms. The van der Waals surface area contributed by atoms with Crippen LogP contribution in [0.5, 0.6) is 0 Å². The molecule has 3 N–H and O–H groups in total. The summed E-state index contributed by atoms with van der Waals surface area (Å²) in [4.78, 5) is 11.5. The lowest BCUT2D eigenvalue weighted by molar-refractivity contribution is -0.116. The van der Waals surface area contributed by atoms with Crippen molar-refractivity contribution in [2.24, 2.45) is 5.92 Å². The van der Waals surface area contributed by atoms with E-state index in [0.29, 0.717) is 18.0 Å². The summed E-state index contributed by atoms with van der Waals surface area (Å²) < 4.78 is 0. The first-order valence-corrected chi connectivity index (χ1v) is 5.15. The lowest BCUT2D eigenvalue weighted by atomic mass is 10.1. The predicted octanol–water partition coefficient (Wildman–Crippen LogP) is 2.56. The van der Waals surface area contributed by atoms with Crippen molar-refractivity contribution in [3.63, 3.8) is 0 Å². The third kappa shape index (κ3) is 3.62. The summed E-state index contributed by atoms with van der Waals surface area (Å²) in [5.74, 6) is 0.404. The standard InChI is InChI=1S/C12H18N2O/c1-8(2)6-12(15)14-10-5-4-9(3)11(13)7-10/h4-5,7-8H,6,13H2,1-3H3,(H,14,15). The number of carbonyl (C=O) groups is 1. The molecule has 1 rings (SSSR count). The monoisotopic (exact) mass is 206 g/mol. The van der Waals surface area contributed by atoms with Crippen LogP contribution in [-0.4, -0.2) is 5.91 Å². The third-order valence-electron chi connectivity index (χ3n) is 2.16. The Morgan fingerprint density at radius 2 is 2.13 bits per heavy atom. The van der Waals surface area contributed by atoms with Gasteiger partial charge in [-0.3, -0.25) is 4.79 Å². The fourth-order valence-corrected chi connectivity index (χ4v) is 1.30. The highest BCUT2D eigenvalue weighted by molar-refractivity contribution is 5.91. The molecule has 0 fully saturated rings. The molecule has 0 radical (unpaired) electrons. The van der Waals surface area contributed by atoms with Gasteiger partial charge in [-0.2, -0.15) is 0 Å². The maximum absolute atomic E-state index is 11.5. The molecule has 3 nitrogen and oxygen atoms in total. The molecule has 1 aromatic carbocycles. The number of aryl methyl sites for hydroxylation is 1. The van der Waals surface area contributed by atoms with Crippen LogP contribution in [0, 0.1) is 12.8 Å². The van der Waals surface area contributed by atoms with Crippen molar-refractivity contribution in [3.8, 4) is 0 Å². The van der Waals surface area contributed by atoms with Crippen molar-refractivity contribution in [1.82, 2.24) is 0 Å². The molecular formula is C12H18N2O. The number of amides is 1. The second-order valence-electron chi connectivity index (χ2n) is 4.22. The molecule has 82 valence electrons. The highest BCUT2D eigenvalue weighted by Crippen LogP contribution is 2.17. The molecular weight excluding hydrogens is 188 g/mol. The molecule has 0 aliphatic heterocycles. The lowest BCUT2D eigenvalue weighted by Crippen LogP contribution is -2.13. The number of nitrogens with two attached hydrogens (primary N) is 1. The zero-order chi connectivity index (χ0) is 11.4. The van der Waals surface area contributed by atoms with E-state index in [1.54, 1.807) is 6.07 Å². The Kier molecular flexibility index (Phi) is 3.72. The van der Waals surface area contributed by atoms with Gasteiger partial charge in [0.05, 0.1) is 0 Å². The number of nitrogens with one attached hydrogen (secondary N) is 1. The molecule has 0 atom stereocenters. The fourth-order valence-electron chi connectivity index (χ4n) is 1.30. The van der Waals surface area contributed by atoms with E-state index < -0.39 is 0 Å².